The normalized spacial score (nSPS) is 12.4. The second kappa shape index (κ2) is 6.81. The van der Waals surface area contributed by atoms with Crippen LogP contribution in [-0.4, -0.2) is 52.1 Å². The van der Waals surface area contributed by atoms with E-state index in [1.165, 1.54) is 11.0 Å². The van der Waals surface area contributed by atoms with Crippen LogP contribution in [0, 0.1) is 0 Å². The number of nitrogens with two attached hydrogens (primary N) is 1. The van der Waals surface area contributed by atoms with Gasteiger partial charge in [0.1, 0.15) is 12.9 Å². The first-order valence-corrected chi connectivity index (χ1v) is 5.19. The molecule has 0 aliphatic heterocycles. The van der Waals surface area contributed by atoms with Gasteiger partial charge in [0.15, 0.2) is 0 Å². The molecular formula is C9H17N5O3. The van der Waals surface area contributed by atoms with Gasteiger partial charge in [-0.25, -0.2) is 9.67 Å². The average molecular weight is 243 g/mol. The van der Waals surface area contributed by atoms with Gasteiger partial charge < -0.3 is 20.9 Å². The van der Waals surface area contributed by atoms with Gasteiger partial charge in [-0.15, -0.1) is 5.10 Å². The highest BCUT2D eigenvalue weighted by atomic mass is 16.5. The van der Waals surface area contributed by atoms with Gasteiger partial charge in [0.2, 0.25) is 11.9 Å². The van der Waals surface area contributed by atoms with Gasteiger partial charge >= 0.3 is 0 Å². The number of aromatic nitrogens is 3. The van der Waals surface area contributed by atoms with E-state index in [1.807, 2.05) is 0 Å². The molecule has 17 heavy (non-hydrogen) atoms. The van der Waals surface area contributed by atoms with Crippen molar-refractivity contribution in [1.82, 2.24) is 20.1 Å². The predicted octanol–water partition coefficient (Wildman–Crippen LogP) is -1.63. The Kier molecular flexibility index (Phi) is 5.37. The first kappa shape index (κ1) is 13.4. The summed E-state index contributed by atoms with van der Waals surface area (Å²) in [6.07, 6.45) is 1.93. The third kappa shape index (κ3) is 4.79. The first-order valence-electron chi connectivity index (χ1n) is 5.19. The van der Waals surface area contributed by atoms with E-state index in [9.17, 15) is 4.79 Å². The van der Waals surface area contributed by atoms with Gasteiger partial charge in [-0.2, -0.15) is 0 Å². The molecule has 1 heterocycles. The maximum Gasteiger partial charge on any atom is 0.242 e. The molecule has 96 valence electrons. The number of hydrogen-bond donors (Lipinski definition) is 3. The predicted molar refractivity (Wildman–Crippen MR) is 59.9 cm³/mol. The zero-order chi connectivity index (χ0) is 12.7. The fraction of sp³-hybridized carbons (Fsp3) is 0.667. The van der Waals surface area contributed by atoms with E-state index in [4.69, 9.17) is 15.6 Å². The lowest BCUT2D eigenvalue weighted by molar-refractivity contribution is -0.123. The van der Waals surface area contributed by atoms with Crippen molar-refractivity contribution in [2.75, 3.05) is 26.1 Å². The molecule has 1 aromatic rings. The minimum Gasteiger partial charge on any atom is -0.394 e. The molecular weight excluding hydrogens is 226 g/mol. The molecule has 0 saturated heterocycles. The quantitative estimate of drug-likeness (QED) is 0.530. The number of anilines is 1. The lowest BCUT2D eigenvalue weighted by atomic mass is 10.2. The van der Waals surface area contributed by atoms with Gasteiger partial charge in [0, 0.05) is 13.7 Å². The molecule has 0 saturated carbocycles. The molecule has 0 radical (unpaired) electrons. The van der Waals surface area contributed by atoms with Crippen molar-refractivity contribution in [1.29, 1.82) is 0 Å². The number of nitrogen functional groups attached to an aromatic ring is 1. The van der Waals surface area contributed by atoms with Crippen LogP contribution >= 0.6 is 0 Å². The monoisotopic (exact) mass is 243 g/mol. The van der Waals surface area contributed by atoms with Crippen molar-refractivity contribution in [3.63, 3.8) is 0 Å². The van der Waals surface area contributed by atoms with E-state index in [1.54, 1.807) is 7.11 Å². The Hall–Kier alpha value is -1.67. The second-order valence-corrected chi connectivity index (χ2v) is 3.53. The molecule has 1 unspecified atom stereocenters. The third-order valence-electron chi connectivity index (χ3n) is 2.12. The van der Waals surface area contributed by atoms with E-state index < -0.39 is 0 Å². The minimum absolute atomic E-state index is 0.0215. The van der Waals surface area contributed by atoms with Gasteiger partial charge in [-0.05, 0) is 6.42 Å². The zero-order valence-corrected chi connectivity index (χ0v) is 9.67. The van der Waals surface area contributed by atoms with Crippen molar-refractivity contribution >= 4 is 11.9 Å². The second-order valence-electron chi connectivity index (χ2n) is 3.53. The SMILES string of the molecule is COCCC(CO)NC(=O)Cn1cnc(N)n1. The average Bonchev–Trinajstić information content (AvgIpc) is 2.69. The highest BCUT2D eigenvalue weighted by molar-refractivity contribution is 5.75. The minimum atomic E-state index is -0.316. The topological polar surface area (TPSA) is 115 Å². The van der Waals surface area contributed by atoms with Gasteiger partial charge in [0.05, 0.1) is 12.6 Å². The molecule has 0 aliphatic carbocycles. The molecule has 1 atom stereocenters. The molecule has 0 bridgehead atoms. The molecule has 1 aromatic heterocycles. The van der Waals surface area contributed by atoms with Crippen molar-refractivity contribution in [2.24, 2.45) is 0 Å². The molecule has 0 fully saturated rings. The van der Waals surface area contributed by atoms with Crippen LogP contribution in [0.2, 0.25) is 0 Å². The Morgan fingerprint density at radius 1 is 1.76 bits per heavy atom. The van der Waals surface area contributed by atoms with Crippen LogP contribution in [0.4, 0.5) is 5.95 Å². The summed E-state index contributed by atoms with van der Waals surface area (Å²) in [6.45, 7) is 0.365. The molecule has 4 N–H and O–H groups in total. The fourth-order valence-corrected chi connectivity index (χ4v) is 1.27. The van der Waals surface area contributed by atoms with Crippen LogP contribution in [0.25, 0.3) is 0 Å². The van der Waals surface area contributed by atoms with Gasteiger partial charge in [-0.1, -0.05) is 0 Å². The largest absolute Gasteiger partial charge is 0.394 e. The Labute approximate surface area is 98.8 Å². The molecule has 0 aromatic carbocycles. The fourth-order valence-electron chi connectivity index (χ4n) is 1.27. The Morgan fingerprint density at radius 2 is 2.53 bits per heavy atom. The van der Waals surface area contributed by atoms with Crippen LogP contribution in [0.5, 0.6) is 0 Å². The Bertz CT molecular complexity index is 354. The van der Waals surface area contributed by atoms with Crippen molar-refractivity contribution in [3.8, 4) is 0 Å². The third-order valence-corrected chi connectivity index (χ3v) is 2.12. The van der Waals surface area contributed by atoms with E-state index in [0.717, 1.165) is 0 Å². The molecule has 1 rings (SSSR count). The van der Waals surface area contributed by atoms with E-state index in [2.05, 4.69) is 15.4 Å². The molecule has 8 nitrogen and oxygen atoms in total. The number of carbonyl (C=O) groups is 1. The van der Waals surface area contributed by atoms with Crippen molar-refractivity contribution in [2.45, 2.75) is 19.0 Å². The van der Waals surface area contributed by atoms with Crippen LogP contribution in [0.3, 0.4) is 0 Å². The van der Waals surface area contributed by atoms with E-state index in [-0.39, 0.29) is 31.0 Å². The highest BCUT2D eigenvalue weighted by Crippen LogP contribution is 1.93. The number of aliphatic hydroxyl groups is 1. The van der Waals surface area contributed by atoms with E-state index >= 15 is 0 Å². The molecule has 1 amide bonds. The summed E-state index contributed by atoms with van der Waals surface area (Å²) >= 11 is 0. The summed E-state index contributed by atoms with van der Waals surface area (Å²) in [5.74, 6) is -0.138. The summed E-state index contributed by atoms with van der Waals surface area (Å²) < 4.78 is 6.20. The summed E-state index contributed by atoms with van der Waals surface area (Å²) in [4.78, 5) is 15.3. The number of aliphatic hydroxyl groups excluding tert-OH is 1. The number of rotatable bonds is 7. The number of hydrogen-bond acceptors (Lipinski definition) is 6. The molecule has 0 spiro atoms. The molecule has 8 heteroatoms. The Morgan fingerprint density at radius 3 is 3.06 bits per heavy atom. The summed E-state index contributed by atoms with van der Waals surface area (Å²) in [5.41, 5.74) is 5.32. The van der Waals surface area contributed by atoms with E-state index in [0.29, 0.717) is 13.0 Å². The number of carbonyl (C=O) groups excluding carboxylic acids is 1. The van der Waals surface area contributed by atoms with Crippen LogP contribution in [0.15, 0.2) is 6.33 Å². The molecule has 0 aliphatic rings. The van der Waals surface area contributed by atoms with Crippen LogP contribution in [-0.2, 0) is 16.1 Å². The Balaban J connectivity index is 2.37. The van der Waals surface area contributed by atoms with Crippen LogP contribution < -0.4 is 11.1 Å². The smallest absolute Gasteiger partial charge is 0.242 e. The number of ether oxygens (including phenoxy) is 1. The van der Waals surface area contributed by atoms with Crippen molar-refractivity contribution in [3.05, 3.63) is 6.33 Å². The standard InChI is InChI=1S/C9H17N5O3/c1-17-3-2-7(5-15)12-8(16)4-14-6-11-9(10)13-14/h6-7,15H,2-5H2,1H3,(H2,10,13)(H,12,16). The number of nitrogens with one attached hydrogen (secondary N) is 1. The highest BCUT2D eigenvalue weighted by Gasteiger charge is 2.11. The van der Waals surface area contributed by atoms with Crippen molar-refractivity contribution < 1.29 is 14.6 Å². The maximum absolute atomic E-state index is 11.6. The lowest BCUT2D eigenvalue weighted by Gasteiger charge is -2.15. The zero-order valence-electron chi connectivity index (χ0n) is 9.67. The summed E-state index contributed by atoms with van der Waals surface area (Å²) in [5, 5.41) is 15.5. The van der Waals surface area contributed by atoms with Gasteiger partial charge in [0.25, 0.3) is 0 Å². The number of amides is 1. The summed E-state index contributed by atoms with van der Waals surface area (Å²) in [6, 6.07) is -0.316. The van der Waals surface area contributed by atoms with Gasteiger partial charge in [-0.3, -0.25) is 4.79 Å². The number of methoxy groups -OCH3 is 1. The first-order chi connectivity index (χ1) is 8.15. The number of nitrogens with zero attached hydrogens (tertiary/aromatic N) is 3. The summed E-state index contributed by atoms with van der Waals surface area (Å²) in [7, 11) is 1.56. The lowest BCUT2D eigenvalue weighted by Crippen LogP contribution is -2.40. The maximum atomic E-state index is 11.6. The van der Waals surface area contributed by atoms with Crippen LogP contribution in [0.1, 0.15) is 6.42 Å².